The van der Waals surface area contributed by atoms with Gasteiger partial charge in [-0.05, 0) is 24.3 Å². The molecule has 2 rings (SSSR count). The fraction of sp³-hybridized carbons (Fsp3) is 0.167. The summed E-state index contributed by atoms with van der Waals surface area (Å²) in [7, 11) is 0. The van der Waals surface area contributed by atoms with E-state index in [1.54, 1.807) is 6.07 Å². The topological polar surface area (TPSA) is 63.8 Å². The lowest BCUT2D eigenvalue weighted by molar-refractivity contribution is -0.137. The van der Waals surface area contributed by atoms with E-state index >= 15 is 0 Å². The van der Waals surface area contributed by atoms with E-state index in [1.807, 2.05) is 0 Å². The van der Waals surface area contributed by atoms with Crippen LogP contribution in [0.2, 0.25) is 0 Å². The third-order valence-electron chi connectivity index (χ3n) is 2.37. The number of nitrogens with zero attached hydrogens (tertiary/aromatic N) is 2. The smallest absolute Gasteiger partial charge is 0.325 e. The van der Waals surface area contributed by atoms with Crippen LogP contribution in [-0.4, -0.2) is 9.97 Å². The van der Waals surface area contributed by atoms with Crippen LogP contribution in [0.4, 0.5) is 24.8 Å². The molecule has 0 saturated heterocycles. The van der Waals surface area contributed by atoms with Gasteiger partial charge in [0.15, 0.2) is 0 Å². The summed E-state index contributed by atoms with van der Waals surface area (Å²) < 4.78 is 37.6. The van der Waals surface area contributed by atoms with Crippen molar-refractivity contribution < 1.29 is 13.2 Å². The fourth-order valence-corrected chi connectivity index (χ4v) is 1.47. The van der Waals surface area contributed by atoms with Gasteiger partial charge < -0.3 is 11.1 Å². The Hall–Kier alpha value is -2.15. The Morgan fingerprint density at radius 1 is 1.21 bits per heavy atom. The predicted octanol–water partition coefficient (Wildman–Crippen LogP) is 2.70. The highest BCUT2D eigenvalue weighted by molar-refractivity contribution is 5.54. The van der Waals surface area contributed by atoms with Crippen molar-refractivity contribution in [2.75, 3.05) is 5.32 Å². The third-order valence-corrected chi connectivity index (χ3v) is 2.37. The zero-order valence-electron chi connectivity index (χ0n) is 9.78. The monoisotopic (exact) mass is 268 g/mol. The SMILES string of the molecule is NCc1ccnc(Nc2cccc(C(F)(F)F)c2)n1. The number of benzene rings is 1. The van der Waals surface area contributed by atoms with Crippen molar-refractivity contribution in [3.8, 4) is 0 Å². The van der Waals surface area contributed by atoms with Crippen molar-refractivity contribution in [3.05, 3.63) is 47.8 Å². The van der Waals surface area contributed by atoms with Crippen LogP contribution in [0.3, 0.4) is 0 Å². The van der Waals surface area contributed by atoms with Crippen molar-refractivity contribution in [1.29, 1.82) is 0 Å². The summed E-state index contributed by atoms with van der Waals surface area (Å²) in [5.74, 6) is 0.210. The van der Waals surface area contributed by atoms with Crippen LogP contribution in [0, 0.1) is 0 Å². The number of nitrogens with two attached hydrogens (primary N) is 1. The van der Waals surface area contributed by atoms with Crippen LogP contribution in [0.5, 0.6) is 0 Å². The van der Waals surface area contributed by atoms with E-state index in [0.29, 0.717) is 5.69 Å². The molecule has 7 heteroatoms. The standard InChI is InChI=1S/C12H11F3N4/c13-12(14,15)8-2-1-3-9(6-8)18-11-17-5-4-10(7-16)19-11/h1-6H,7,16H2,(H,17,18,19). The van der Waals surface area contributed by atoms with Gasteiger partial charge in [-0.2, -0.15) is 13.2 Å². The normalized spacial score (nSPS) is 11.4. The Balaban J connectivity index is 2.23. The Kier molecular flexibility index (Phi) is 3.66. The Morgan fingerprint density at radius 3 is 2.68 bits per heavy atom. The van der Waals surface area contributed by atoms with Crippen molar-refractivity contribution in [2.45, 2.75) is 12.7 Å². The van der Waals surface area contributed by atoms with E-state index in [0.717, 1.165) is 12.1 Å². The van der Waals surface area contributed by atoms with E-state index < -0.39 is 11.7 Å². The van der Waals surface area contributed by atoms with Crippen molar-refractivity contribution >= 4 is 11.6 Å². The van der Waals surface area contributed by atoms with Crippen molar-refractivity contribution in [3.63, 3.8) is 0 Å². The van der Waals surface area contributed by atoms with Gasteiger partial charge in [-0.25, -0.2) is 9.97 Å². The summed E-state index contributed by atoms with van der Waals surface area (Å²) in [6, 6.07) is 6.46. The number of nitrogens with one attached hydrogen (secondary N) is 1. The maximum Gasteiger partial charge on any atom is 0.416 e. The first-order chi connectivity index (χ1) is 8.99. The first-order valence-electron chi connectivity index (χ1n) is 5.45. The van der Waals surface area contributed by atoms with E-state index in [4.69, 9.17) is 5.73 Å². The molecule has 0 radical (unpaired) electrons. The zero-order valence-corrected chi connectivity index (χ0v) is 9.78. The number of anilines is 2. The van der Waals surface area contributed by atoms with Gasteiger partial charge >= 0.3 is 6.18 Å². The molecule has 0 aliphatic rings. The van der Waals surface area contributed by atoms with Gasteiger partial charge in [0.2, 0.25) is 5.95 Å². The molecule has 1 aromatic carbocycles. The molecule has 4 nitrogen and oxygen atoms in total. The van der Waals surface area contributed by atoms with Gasteiger partial charge in [0.25, 0.3) is 0 Å². The van der Waals surface area contributed by atoms with Gasteiger partial charge in [-0.3, -0.25) is 0 Å². The number of aromatic nitrogens is 2. The Bertz CT molecular complexity index is 569. The van der Waals surface area contributed by atoms with E-state index in [2.05, 4.69) is 15.3 Å². The van der Waals surface area contributed by atoms with E-state index in [1.165, 1.54) is 18.3 Å². The second-order valence-corrected chi connectivity index (χ2v) is 3.78. The molecule has 0 aliphatic heterocycles. The lowest BCUT2D eigenvalue weighted by atomic mass is 10.2. The fourth-order valence-electron chi connectivity index (χ4n) is 1.47. The second-order valence-electron chi connectivity index (χ2n) is 3.78. The van der Waals surface area contributed by atoms with Crippen LogP contribution in [0.15, 0.2) is 36.5 Å². The van der Waals surface area contributed by atoms with Crippen LogP contribution >= 0.6 is 0 Å². The molecule has 2 aromatic rings. The summed E-state index contributed by atoms with van der Waals surface area (Å²) in [4.78, 5) is 7.97. The van der Waals surface area contributed by atoms with Gasteiger partial charge in [0.05, 0.1) is 11.3 Å². The van der Waals surface area contributed by atoms with Crippen LogP contribution in [0.25, 0.3) is 0 Å². The predicted molar refractivity (Wildman–Crippen MR) is 64.7 cm³/mol. The number of halogens is 3. The summed E-state index contributed by atoms with van der Waals surface area (Å²) in [6.07, 6.45) is -2.89. The van der Waals surface area contributed by atoms with Crippen LogP contribution in [0.1, 0.15) is 11.3 Å². The molecule has 100 valence electrons. The number of hydrogen-bond donors (Lipinski definition) is 2. The maximum absolute atomic E-state index is 12.5. The molecule has 0 amide bonds. The minimum absolute atomic E-state index is 0.210. The minimum Gasteiger partial charge on any atom is -0.325 e. The lowest BCUT2D eigenvalue weighted by Crippen LogP contribution is -2.06. The number of rotatable bonds is 3. The summed E-state index contributed by atoms with van der Waals surface area (Å²) in [6.45, 7) is 0.236. The molecule has 0 unspecified atom stereocenters. The molecule has 1 heterocycles. The van der Waals surface area contributed by atoms with Crippen molar-refractivity contribution in [1.82, 2.24) is 9.97 Å². The largest absolute Gasteiger partial charge is 0.416 e. The molecule has 0 fully saturated rings. The van der Waals surface area contributed by atoms with Crippen LogP contribution < -0.4 is 11.1 Å². The highest BCUT2D eigenvalue weighted by atomic mass is 19.4. The Labute approximate surface area is 107 Å². The number of hydrogen-bond acceptors (Lipinski definition) is 4. The highest BCUT2D eigenvalue weighted by Crippen LogP contribution is 2.31. The first-order valence-corrected chi connectivity index (χ1v) is 5.45. The molecule has 0 atom stereocenters. The average Bonchev–Trinajstić information content (AvgIpc) is 2.38. The summed E-state index contributed by atoms with van der Waals surface area (Å²) in [5, 5.41) is 2.71. The molecule has 0 aliphatic carbocycles. The summed E-state index contributed by atoms with van der Waals surface area (Å²) >= 11 is 0. The molecule has 3 N–H and O–H groups in total. The third kappa shape index (κ3) is 3.41. The molecule has 0 bridgehead atoms. The molecular formula is C12H11F3N4. The van der Waals surface area contributed by atoms with E-state index in [9.17, 15) is 13.2 Å². The van der Waals surface area contributed by atoms with Crippen LogP contribution in [-0.2, 0) is 12.7 Å². The summed E-state index contributed by atoms with van der Waals surface area (Å²) in [5.41, 5.74) is 5.57. The quantitative estimate of drug-likeness (QED) is 0.898. The molecule has 19 heavy (non-hydrogen) atoms. The molecular weight excluding hydrogens is 257 g/mol. The maximum atomic E-state index is 12.5. The molecule has 0 saturated carbocycles. The van der Waals surface area contributed by atoms with Gasteiger partial charge in [0.1, 0.15) is 0 Å². The first kappa shape index (κ1) is 13.3. The minimum atomic E-state index is -4.38. The Morgan fingerprint density at radius 2 is 2.00 bits per heavy atom. The van der Waals surface area contributed by atoms with E-state index in [-0.39, 0.29) is 18.2 Å². The number of alkyl halides is 3. The molecule has 0 spiro atoms. The van der Waals surface area contributed by atoms with Gasteiger partial charge in [-0.15, -0.1) is 0 Å². The lowest BCUT2D eigenvalue weighted by Gasteiger charge is -2.10. The second kappa shape index (κ2) is 5.23. The van der Waals surface area contributed by atoms with Gasteiger partial charge in [0, 0.05) is 18.4 Å². The van der Waals surface area contributed by atoms with Gasteiger partial charge in [-0.1, -0.05) is 6.07 Å². The molecule has 1 aromatic heterocycles. The highest BCUT2D eigenvalue weighted by Gasteiger charge is 2.30. The van der Waals surface area contributed by atoms with Crippen molar-refractivity contribution in [2.24, 2.45) is 5.73 Å². The zero-order chi connectivity index (χ0) is 13.9. The average molecular weight is 268 g/mol.